The number of aromatic nitrogens is 1. The van der Waals surface area contributed by atoms with Gasteiger partial charge in [0, 0.05) is 17.3 Å². The van der Waals surface area contributed by atoms with Gasteiger partial charge in [0.2, 0.25) is 0 Å². The van der Waals surface area contributed by atoms with Crippen LogP contribution in [0.5, 0.6) is 5.75 Å². The van der Waals surface area contributed by atoms with Crippen LogP contribution in [0.1, 0.15) is 22.7 Å². The first-order chi connectivity index (χ1) is 14.5. The van der Waals surface area contributed by atoms with E-state index in [2.05, 4.69) is 9.72 Å². The molecular formula is C22H14F6N2O. The number of aryl methyl sites for hydroxylation is 1. The molecule has 1 atom stereocenters. The molecule has 0 aliphatic carbocycles. The Labute approximate surface area is 173 Å². The molecular weight excluding hydrogens is 422 g/mol. The van der Waals surface area contributed by atoms with Crippen LogP contribution in [-0.2, 0) is 5.92 Å². The lowest BCUT2D eigenvalue weighted by Gasteiger charge is -2.22. The van der Waals surface area contributed by atoms with E-state index < -0.39 is 41.0 Å². The van der Waals surface area contributed by atoms with Gasteiger partial charge in [-0.2, -0.15) is 14.0 Å². The Morgan fingerprint density at radius 2 is 1.58 bits per heavy atom. The number of hydrogen-bond donors (Lipinski definition) is 0. The third-order valence-corrected chi connectivity index (χ3v) is 4.48. The van der Waals surface area contributed by atoms with Gasteiger partial charge in [0.05, 0.1) is 6.07 Å². The van der Waals surface area contributed by atoms with Gasteiger partial charge in [0.25, 0.3) is 0 Å². The van der Waals surface area contributed by atoms with E-state index in [0.717, 1.165) is 36.5 Å². The largest absolute Gasteiger partial charge is 0.573 e. The van der Waals surface area contributed by atoms with Crippen molar-refractivity contribution in [3.8, 4) is 22.9 Å². The molecule has 3 rings (SSSR count). The van der Waals surface area contributed by atoms with Gasteiger partial charge in [-0.25, -0.2) is 4.39 Å². The van der Waals surface area contributed by atoms with E-state index in [4.69, 9.17) is 0 Å². The molecule has 9 heteroatoms. The fourth-order valence-corrected chi connectivity index (χ4v) is 2.97. The minimum atomic E-state index is -4.83. The Hall–Kier alpha value is -3.54. The zero-order valence-electron chi connectivity index (χ0n) is 15.9. The predicted molar refractivity (Wildman–Crippen MR) is 99.7 cm³/mol. The van der Waals surface area contributed by atoms with E-state index in [1.54, 1.807) is 6.92 Å². The average Bonchev–Trinajstić information content (AvgIpc) is 2.69. The van der Waals surface area contributed by atoms with Crippen LogP contribution >= 0.6 is 0 Å². The Bertz CT molecular complexity index is 1100. The summed E-state index contributed by atoms with van der Waals surface area (Å²) in [4.78, 5) is 3.72. The lowest BCUT2D eigenvalue weighted by Crippen LogP contribution is -2.25. The van der Waals surface area contributed by atoms with Crippen LogP contribution in [0.2, 0.25) is 0 Å². The van der Waals surface area contributed by atoms with Crippen LogP contribution in [0.3, 0.4) is 0 Å². The monoisotopic (exact) mass is 436 g/mol. The molecule has 0 saturated heterocycles. The minimum absolute atomic E-state index is 0.355. The lowest BCUT2D eigenvalue weighted by atomic mass is 9.90. The summed E-state index contributed by atoms with van der Waals surface area (Å²) < 4.78 is 84.6. The van der Waals surface area contributed by atoms with Gasteiger partial charge in [-0.3, -0.25) is 4.98 Å². The normalized spacial score (nSPS) is 12.8. The summed E-state index contributed by atoms with van der Waals surface area (Å²) in [5.74, 6) is -7.22. The van der Waals surface area contributed by atoms with Crippen molar-refractivity contribution >= 4 is 0 Å². The number of alkyl halides is 5. The summed E-state index contributed by atoms with van der Waals surface area (Å²) in [5, 5.41) is 9.29. The molecule has 0 fully saturated rings. The first-order valence-corrected chi connectivity index (χ1v) is 8.87. The van der Waals surface area contributed by atoms with Crippen molar-refractivity contribution in [3.63, 3.8) is 0 Å². The lowest BCUT2D eigenvalue weighted by molar-refractivity contribution is -0.274. The molecule has 0 spiro atoms. The van der Waals surface area contributed by atoms with Crippen LogP contribution < -0.4 is 4.74 Å². The fourth-order valence-electron chi connectivity index (χ4n) is 2.97. The summed E-state index contributed by atoms with van der Waals surface area (Å²) in [7, 11) is 0. The van der Waals surface area contributed by atoms with Crippen molar-refractivity contribution in [2.45, 2.75) is 25.1 Å². The second-order valence-electron chi connectivity index (χ2n) is 6.71. The molecule has 1 heterocycles. The molecule has 2 aromatic carbocycles. The van der Waals surface area contributed by atoms with Crippen LogP contribution in [0, 0.1) is 24.1 Å². The molecule has 0 amide bonds. The first kappa shape index (κ1) is 22.2. The van der Waals surface area contributed by atoms with E-state index in [1.807, 2.05) is 0 Å². The zero-order chi connectivity index (χ0) is 22.8. The van der Waals surface area contributed by atoms with Crippen molar-refractivity contribution in [1.29, 1.82) is 5.26 Å². The van der Waals surface area contributed by atoms with Crippen molar-refractivity contribution in [2.24, 2.45) is 0 Å². The SMILES string of the molecule is Cc1ccc(C(C#N)C(F)(F)c2ccc(-c3ccc(OC(F)(F)F)cc3)cn2)c(F)c1. The number of halogens is 6. The van der Waals surface area contributed by atoms with E-state index in [1.165, 1.54) is 30.3 Å². The summed E-state index contributed by atoms with van der Waals surface area (Å²) >= 11 is 0. The van der Waals surface area contributed by atoms with Crippen LogP contribution in [0.15, 0.2) is 60.8 Å². The number of benzene rings is 2. The molecule has 0 N–H and O–H groups in total. The Kier molecular flexibility index (Phi) is 5.93. The van der Waals surface area contributed by atoms with Crippen molar-refractivity contribution < 1.29 is 31.1 Å². The maximum atomic E-state index is 15.0. The number of nitriles is 1. The number of rotatable bonds is 5. The van der Waals surface area contributed by atoms with E-state index >= 15 is 0 Å². The van der Waals surface area contributed by atoms with Crippen molar-refractivity contribution in [2.75, 3.05) is 0 Å². The first-order valence-electron chi connectivity index (χ1n) is 8.87. The molecule has 1 unspecified atom stereocenters. The van der Waals surface area contributed by atoms with Gasteiger partial charge in [-0.05, 0) is 42.3 Å². The Morgan fingerprint density at radius 3 is 2.10 bits per heavy atom. The number of nitrogens with zero attached hydrogens (tertiary/aromatic N) is 2. The standard InChI is InChI=1S/C22H14F6N2O/c1-13-2-8-17(19(23)10-13)18(11-29)21(24,25)20-9-5-15(12-30-20)14-3-6-16(7-4-14)31-22(26,27)28/h2-10,12,18H,1H3. The highest BCUT2D eigenvalue weighted by molar-refractivity contribution is 5.63. The predicted octanol–water partition coefficient (Wildman–Crippen LogP) is 6.49. The minimum Gasteiger partial charge on any atom is -0.406 e. The third kappa shape index (κ3) is 4.97. The van der Waals surface area contributed by atoms with E-state index in [-0.39, 0.29) is 0 Å². The Balaban J connectivity index is 1.86. The van der Waals surface area contributed by atoms with Crippen molar-refractivity contribution in [1.82, 2.24) is 4.98 Å². The molecule has 3 aromatic rings. The fraction of sp³-hybridized carbons (Fsp3) is 0.182. The molecule has 0 bridgehead atoms. The van der Waals surface area contributed by atoms with Crippen LogP contribution in [0.25, 0.3) is 11.1 Å². The molecule has 31 heavy (non-hydrogen) atoms. The van der Waals surface area contributed by atoms with Crippen molar-refractivity contribution in [3.05, 3.63) is 83.4 Å². The topological polar surface area (TPSA) is 45.9 Å². The quantitative estimate of drug-likeness (QED) is 0.429. The highest BCUT2D eigenvalue weighted by Gasteiger charge is 2.45. The van der Waals surface area contributed by atoms with Gasteiger partial charge in [-0.1, -0.05) is 30.3 Å². The molecule has 0 saturated carbocycles. The summed E-state index contributed by atoms with van der Waals surface area (Å²) in [6.07, 6.45) is -3.73. The Morgan fingerprint density at radius 1 is 0.935 bits per heavy atom. The smallest absolute Gasteiger partial charge is 0.406 e. The van der Waals surface area contributed by atoms with E-state index in [0.29, 0.717) is 16.7 Å². The second-order valence-corrected chi connectivity index (χ2v) is 6.71. The van der Waals surface area contributed by atoms with E-state index in [9.17, 15) is 31.6 Å². The van der Waals surface area contributed by atoms with Gasteiger partial charge < -0.3 is 4.74 Å². The molecule has 0 aliphatic rings. The highest BCUT2D eigenvalue weighted by atomic mass is 19.4. The van der Waals surface area contributed by atoms with Gasteiger partial charge in [-0.15, -0.1) is 13.2 Å². The maximum Gasteiger partial charge on any atom is 0.573 e. The van der Waals surface area contributed by atoms with Gasteiger partial charge in [0.1, 0.15) is 23.2 Å². The number of hydrogen-bond acceptors (Lipinski definition) is 3. The summed E-state index contributed by atoms with van der Waals surface area (Å²) in [6, 6.07) is 12.2. The third-order valence-electron chi connectivity index (χ3n) is 4.48. The molecule has 3 nitrogen and oxygen atoms in total. The summed E-state index contributed by atoms with van der Waals surface area (Å²) in [5.41, 5.74) is 0.117. The molecule has 0 radical (unpaired) electrons. The molecule has 1 aromatic heterocycles. The highest BCUT2D eigenvalue weighted by Crippen LogP contribution is 2.42. The second kappa shape index (κ2) is 8.30. The molecule has 0 aliphatic heterocycles. The molecule has 160 valence electrons. The van der Waals surface area contributed by atoms with Crippen LogP contribution in [0.4, 0.5) is 26.3 Å². The maximum absolute atomic E-state index is 15.0. The van der Waals surface area contributed by atoms with Gasteiger partial charge in [0.15, 0.2) is 0 Å². The summed E-state index contributed by atoms with van der Waals surface area (Å²) in [6.45, 7) is 1.59. The van der Waals surface area contributed by atoms with Gasteiger partial charge >= 0.3 is 12.3 Å². The number of pyridine rings is 1. The number of ether oxygens (including phenoxy) is 1. The zero-order valence-corrected chi connectivity index (χ0v) is 15.9. The average molecular weight is 436 g/mol. The van der Waals surface area contributed by atoms with Crippen LogP contribution in [-0.4, -0.2) is 11.3 Å².